The van der Waals surface area contributed by atoms with Gasteiger partial charge in [0.15, 0.2) is 9.84 Å². The van der Waals surface area contributed by atoms with Gasteiger partial charge in [-0.1, -0.05) is 19.1 Å². The maximum atomic E-state index is 11.3. The highest BCUT2D eigenvalue weighted by Gasteiger charge is 2.27. The Kier molecular flexibility index (Phi) is 4.50. The van der Waals surface area contributed by atoms with Gasteiger partial charge in [0, 0.05) is 12.5 Å². The fourth-order valence-electron chi connectivity index (χ4n) is 0.542. The summed E-state index contributed by atoms with van der Waals surface area (Å²) < 4.78 is 21.6. The molecule has 0 aliphatic heterocycles. The van der Waals surface area contributed by atoms with Crippen LogP contribution in [0.1, 0.15) is 13.8 Å². The molecule has 0 rings (SSSR count). The summed E-state index contributed by atoms with van der Waals surface area (Å²) in [6.45, 7) is 10.0. The third-order valence-corrected chi connectivity index (χ3v) is 3.80. The van der Waals surface area contributed by atoms with Crippen molar-refractivity contribution < 1.29 is 8.42 Å². The first-order valence-electron chi connectivity index (χ1n) is 4.28. The lowest BCUT2D eigenvalue weighted by Gasteiger charge is -2.13. The van der Waals surface area contributed by atoms with Gasteiger partial charge in [-0.25, -0.2) is 13.4 Å². The van der Waals surface area contributed by atoms with E-state index in [9.17, 15) is 8.42 Å². The SMILES string of the molecule is C=CN=C(C#CC(C)(C)S(C)(=O)=O)C=C. The molecule has 15 heavy (non-hydrogen) atoms. The van der Waals surface area contributed by atoms with Gasteiger partial charge in [-0.2, -0.15) is 0 Å². The Bertz CT molecular complexity index is 445. The molecule has 0 bridgehead atoms. The summed E-state index contributed by atoms with van der Waals surface area (Å²) in [5, 5.41) is 0. The molecule has 0 amide bonds. The van der Waals surface area contributed by atoms with E-state index in [-0.39, 0.29) is 0 Å². The van der Waals surface area contributed by atoms with E-state index in [2.05, 4.69) is 30.0 Å². The second kappa shape index (κ2) is 4.94. The minimum Gasteiger partial charge on any atom is -0.248 e. The lowest BCUT2D eigenvalue weighted by atomic mass is 10.2. The van der Waals surface area contributed by atoms with Crippen molar-refractivity contribution in [2.75, 3.05) is 6.26 Å². The third-order valence-electron chi connectivity index (χ3n) is 1.84. The van der Waals surface area contributed by atoms with Crippen LogP contribution in [-0.4, -0.2) is 25.1 Å². The van der Waals surface area contributed by atoms with E-state index < -0.39 is 14.6 Å². The van der Waals surface area contributed by atoms with E-state index in [0.717, 1.165) is 6.26 Å². The predicted octanol–water partition coefficient (Wildman–Crippen LogP) is 1.58. The fraction of sp³-hybridized carbons (Fsp3) is 0.364. The number of rotatable bonds is 3. The van der Waals surface area contributed by atoms with Crippen LogP contribution in [0.15, 0.2) is 30.4 Å². The first kappa shape index (κ1) is 13.7. The van der Waals surface area contributed by atoms with Crippen molar-refractivity contribution in [1.82, 2.24) is 0 Å². The number of aliphatic imine (C=N–C) groups is 1. The molecular weight excluding hydrogens is 210 g/mol. The van der Waals surface area contributed by atoms with Crippen molar-refractivity contribution in [3.63, 3.8) is 0 Å². The van der Waals surface area contributed by atoms with Gasteiger partial charge in [0.2, 0.25) is 0 Å². The molecule has 0 aliphatic carbocycles. The summed E-state index contributed by atoms with van der Waals surface area (Å²) in [6, 6.07) is 0. The zero-order valence-electron chi connectivity index (χ0n) is 9.24. The second-order valence-corrected chi connectivity index (χ2v) is 6.00. The standard InChI is InChI=1S/C11H15NO2S/c1-6-10(12-7-2)8-9-11(3,4)15(5,13)14/h6-7H,1-2H2,3-5H3. The average Bonchev–Trinajstić information content (AvgIpc) is 2.10. The fourth-order valence-corrected chi connectivity index (χ4v) is 0.778. The largest absolute Gasteiger partial charge is 0.248 e. The number of nitrogens with zero attached hydrogens (tertiary/aromatic N) is 1. The van der Waals surface area contributed by atoms with E-state index in [1.807, 2.05) is 0 Å². The molecule has 0 aromatic heterocycles. The minimum atomic E-state index is -3.21. The van der Waals surface area contributed by atoms with Gasteiger partial charge in [0.1, 0.15) is 10.5 Å². The number of hydrogen-bond donors (Lipinski definition) is 0. The van der Waals surface area contributed by atoms with Gasteiger partial charge in [0.25, 0.3) is 0 Å². The van der Waals surface area contributed by atoms with E-state index in [4.69, 9.17) is 0 Å². The smallest absolute Gasteiger partial charge is 0.163 e. The van der Waals surface area contributed by atoms with Gasteiger partial charge < -0.3 is 0 Å². The lowest BCUT2D eigenvalue weighted by molar-refractivity contribution is 0.581. The highest BCUT2D eigenvalue weighted by atomic mass is 32.2. The number of hydrogen-bond acceptors (Lipinski definition) is 3. The molecule has 0 aliphatic rings. The van der Waals surface area contributed by atoms with Gasteiger partial charge in [-0.05, 0) is 25.8 Å². The molecule has 0 unspecified atom stereocenters. The molecule has 0 fully saturated rings. The minimum absolute atomic E-state index is 0.404. The summed E-state index contributed by atoms with van der Waals surface area (Å²) in [5.74, 6) is 5.30. The molecule has 0 spiro atoms. The van der Waals surface area contributed by atoms with Crippen molar-refractivity contribution in [2.24, 2.45) is 4.99 Å². The highest BCUT2D eigenvalue weighted by Crippen LogP contribution is 2.12. The molecule has 0 saturated carbocycles. The normalized spacial score (nSPS) is 12.6. The maximum absolute atomic E-state index is 11.3. The van der Waals surface area contributed by atoms with Gasteiger partial charge in [-0.3, -0.25) is 0 Å². The van der Waals surface area contributed by atoms with Crippen LogP contribution in [0.3, 0.4) is 0 Å². The quantitative estimate of drug-likeness (QED) is 0.541. The van der Waals surface area contributed by atoms with E-state index in [1.165, 1.54) is 12.3 Å². The first-order valence-corrected chi connectivity index (χ1v) is 6.17. The molecule has 3 nitrogen and oxygen atoms in total. The zero-order valence-corrected chi connectivity index (χ0v) is 10.1. The van der Waals surface area contributed by atoms with Crippen LogP contribution < -0.4 is 0 Å². The molecule has 0 heterocycles. The van der Waals surface area contributed by atoms with Gasteiger partial charge >= 0.3 is 0 Å². The number of sulfone groups is 1. The summed E-state index contributed by atoms with van der Waals surface area (Å²) in [4.78, 5) is 3.82. The van der Waals surface area contributed by atoms with Crippen LogP contribution in [0.25, 0.3) is 0 Å². The third kappa shape index (κ3) is 4.13. The van der Waals surface area contributed by atoms with Gasteiger partial charge in [-0.15, -0.1) is 0 Å². The second-order valence-electron chi connectivity index (χ2n) is 3.43. The van der Waals surface area contributed by atoms with Crippen LogP contribution in [0.2, 0.25) is 0 Å². The predicted molar refractivity (Wildman–Crippen MR) is 64.5 cm³/mol. The summed E-state index contributed by atoms with van der Waals surface area (Å²) in [6.07, 6.45) is 3.94. The summed E-state index contributed by atoms with van der Waals surface area (Å²) in [7, 11) is -3.21. The topological polar surface area (TPSA) is 46.5 Å². The molecule has 82 valence electrons. The van der Waals surface area contributed by atoms with E-state index in [0.29, 0.717) is 5.71 Å². The molecule has 0 aromatic rings. The maximum Gasteiger partial charge on any atom is 0.163 e. The Labute approximate surface area is 91.5 Å². The van der Waals surface area contributed by atoms with Crippen molar-refractivity contribution in [1.29, 1.82) is 0 Å². The Balaban J connectivity index is 5.20. The van der Waals surface area contributed by atoms with Crippen LogP contribution in [0, 0.1) is 11.8 Å². The van der Waals surface area contributed by atoms with Crippen molar-refractivity contribution in [2.45, 2.75) is 18.6 Å². The Morgan fingerprint density at radius 1 is 1.40 bits per heavy atom. The van der Waals surface area contributed by atoms with Crippen molar-refractivity contribution >= 4 is 15.5 Å². The van der Waals surface area contributed by atoms with Crippen LogP contribution in [-0.2, 0) is 9.84 Å². The number of allylic oxidation sites excluding steroid dienone is 1. The molecule has 4 heteroatoms. The van der Waals surface area contributed by atoms with Crippen LogP contribution >= 0.6 is 0 Å². The lowest BCUT2D eigenvalue weighted by Crippen LogP contribution is -2.28. The molecular formula is C11H15NO2S. The van der Waals surface area contributed by atoms with E-state index in [1.54, 1.807) is 13.8 Å². The molecule has 0 radical (unpaired) electrons. The van der Waals surface area contributed by atoms with E-state index >= 15 is 0 Å². The van der Waals surface area contributed by atoms with Crippen molar-refractivity contribution in [3.05, 3.63) is 25.4 Å². The first-order chi connectivity index (χ1) is 6.74. The summed E-state index contributed by atoms with van der Waals surface area (Å²) >= 11 is 0. The molecule has 0 aromatic carbocycles. The summed E-state index contributed by atoms with van der Waals surface area (Å²) in [5.41, 5.74) is 0.404. The Morgan fingerprint density at radius 2 is 1.93 bits per heavy atom. The Morgan fingerprint density at radius 3 is 2.27 bits per heavy atom. The molecule has 0 N–H and O–H groups in total. The monoisotopic (exact) mass is 225 g/mol. The van der Waals surface area contributed by atoms with Crippen molar-refractivity contribution in [3.8, 4) is 11.8 Å². The molecule has 0 atom stereocenters. The zero-order chi connectivity index (χ0) is 12.1. The highest BCUT2D eigenvalue weighted by molar-refractivity contribution is 7.92. The molecule has 0 saturated heterocycles. The average molecular weight is 225 g/mol. The van der Waals surface area contributed by atoms with Gasteiger partial charge in [0.05, 0.1) is 0 Å². The van der Waals surface area contributed by atoms with Crippen LogP contribution in [0.4, 0.5) is 0 Å². The van der Waals surface area contributed by atoms with Crippen LogP contribution in [0.5, 0.6) is 0 Å². The Hall–Kier alpha value is -1.34.